The Kier molecular flexibility index (Phi) is 6.60. The second-order valence-corrected chi connectivity index (χ2v) is 9.64. The largest absolute Gasteiger partial charge is 0.478 e. The molecule has 0 bridgehead atoms. The molecule has 0 unspecified atom stereocenters. The summed E-state index contributed by atoms with van der Waals surface area (Å²) in [5.41, 5.74) is 4.44. The van der Waals surface area contributed by atoms with Crippen LogP contribution in [0.15, 0.2) is 72.8 Å². The average molecular weight is 473 g/mol. The van der Waals surface area contributed by atoms with E-state index in [9.17, 15) is 14.4 Å². The number of carboxylic acids is 1. The summed E-state index contributed by atoms with van der Waals surface area (Å²) in [4.78, 5) is 36.8. The van der Waals surface area contributed by atoms with Gasteiger partial charge in [-0.25, -0.2) is 9.59 Å². The van der Waals surface area contributed by atoms with Crippen LogP contribution in [0.1, 0.15) is 48.2 Å². The van der Waals surface area contributed by atoms with Gasteiger partial charge in [0, 0.05) is 11.6 Å². The number of rotatable bonds is 6. The predicted octanol–water partition coefficient (Wildman–Crippen LogP) is 5.28. The molecule has 7 nitrogen and oxygen atoms in total. The highest BCUT2D eigenvalue weighted by atomic mass is 16.5. The summed E-state index contributed by atoms with van der Waals surface area (Å²) >= 11 is 0. The number of carbonyl (C=O) groups excluding carboxylic acids is 2. The van der Waals surface area contributed by atoms with Gasteiger partial charge in [0.05, 0.1) is 5.56 Å². The van der Waals surface area contributed by atoms with Gasteiger partial charge in [0.2, 0.25) is 5.91 Å². The van der Waals surface area contributed by atoms with Crippen molar-refractivity contribution in [1.82, 2.24) is 5.32 Å². The number of anilines is 1. The van der Waals surface area contributed by atoms with E-state index in [1.54, 1.807) is 0 Å². The zero-order valence-electron chi connectivity index (χ0n) is 19.9. The number of amides is 2. The smallest absolute Gasteiger partial charge is 0.407 e. The standard InChI is InChI=1S/C28H28N2O5/c1-28(2,3)24(25(31)29-18-14-12-17(13-15-18)26(32)33)30-27(34)35-16-23-21-10-6-4-8-19(21)20-9-5-7-11-22(20)23/h4-15,23-24H,16H2,1-3H3,(H,29,31)(H,30,34)(H,32,33)/t24-/m0/s1. The number of hydrogen-bond acceptors (Lipinski definition) is 4. The zero-order valence-corrected chi connectivity index (χ0v) is 19.9. The Morgan fingerprint density at radius 1 is 0.886 bits per heavy atom. The molecule has 1 atom stereocenters. The highest BCUT2D eigenvalue weighted by Crippen LogP contribution is 2.44. The minimum absolute atomic E-state index is 0.0807. The van der Waals surface area contributed by atoms with Crippen LogP contribution in [0.2, 0.25) is 0 Å². The molecule has 0 aromatic heterocycles. The highest BCUT2D eigenvalue weighted by Gasteiger charge is 2.34. The lowest BCUT2D eigenvalue weighted by Crippen LogP contribution is -2.51. The Bertz CT molecular complexity index is 1220. The summed E-state index contributed by atoms with van der Waals surface area (Å²) < 4.78 is 5.61. The summed E-state index contributed by atoms with van der Waals surface area (Å²) in [5.74, 6) is -1.55. The van der Waals surface area contributed by atoms with Crippen molar-refractivity contribution in [2.45, 2.75) is 32.7 Å². The first-order chi connectivity index (χ1) is 16.6. The lowest BCUT2D eigenvalue weighted by molar-refractivity contribution is -0.120. The fourth-order valence-electron chi connectivity index (χ4n) is 4.34. The van der Waals surface area contributed by atoms with E-state index < -0.39 is 29.4 Å². The van der Waals surface area contributed by atoms with Crippen molar-refractivity contribution in [2.24, 2.45) is 5.41 Å². The molecular formula is C28H28N2O5. The van der Waals surface area contributed by atoms with Crippen LogP contribution in [-0.2, 0) is 9.53 Å². The molecule has 3 aromatic rings. The summed E-state index contributed by atoms with van der Waals surface area (Å²) in [6, 6.07) is 21.1. The maximum absolute atomic E-state index is 13.0. The van der Waals surface area contributed by atoms with Crippen molar-refractivity contribution in [3.63, 3.8) is 0 Å². The van der Waals surface area contributed by atoms with Crippen molar-refractivity contribution in [3.8, 4) is 11.1 Å². The van der Waals surface area contributed by atoms with Crippen molar-refractivity contribution in [1.29, 1.82) is 0 Å². The minimum Gasteiger partial charge on any atom is -0.478 e. The van der Waals surface area contributed by atoms with E-state index >= 15 is 0 Å². The second-order valence-electron chi connectivity index (χ2n) is 9.64. The molecule has 0 saturated carbocycles. The van der Waals surface area contributed by atoms with Gasteiger partial charge < -0.3 is 20.5 Å². The van der Waals surface area contributed by atoms with E-state index in [1.807, 2.05) is 57.2 Å². The molecule has 0 aliphatic heterocycles. The van der Waals surface area contributed by atoms with Gasteiger partial charge in [0.1, 0.15) is 12.6 Å². The van der Waals surface area contributed by atoms with Crippen LogP contribution in [0.3, 0.4) is 0 Å². The predicted molar refractivity (Wildman–Crippen MR) is 133 cm³/mol. The molecule has 3 N–H and O–H groups in total. The molecule has 7 heteroatoms. The Labute approximate surface area is 204 Å². The van der Waals surface area contributed by atoms with Gasteiger partial charge in [0.25, 0.3) is 0 Å². The van der Waals surface area contributed by atoms with Crippen molar-refractivity contribution >= 4 is 23.7 Å². The molecule has 0 radical (unpaired) electrons. The fourth-order valence-corrected chi connectivity index (χ4v) is 4.34. The lowest BCUT2D eigenvalue weighted by Gasteiger charge is -2.30. The molecule has 0 saturated heterocycles. The van der Waals surface area contributed by atoms with Gasteiger partial charge in [-0.1, -0.05) is 69.3 Å². The van der Waals surface area contributed by atoms with E-state index in [2.05, 4.69) is 22.8 Å². The van der Waals surface area contributed by atoms with Crippen LogP contribution in [0.5, 0.6) is 0 Å². The van der Waals surface area contributed by atoms with Crippen LogP contribution >= 0.6 is 0 Å². The van der Waals surface area contributed by atoms with Crippen LogP contribution in [0, 0.1) is 5.41 Å². The Balaban J connectivity index is 1.43. The second kappa shape index (κ2) is 9.62. The maximum Gasteiger partial charge on any atom is 0.407 e. The first-order valence-electron chi connectivity index (χ1n) is 11.4. The number of carboxylic acid groups (broad SMARTS) is 1. The average Bonchev–Trinajstić information content (AvgIpc) is 3.14. The van der Waals surface area contributed by atoms with Gasteiger partial charge in [-0.2, -0.15) is 0 Å². The monoisotopic (exact) mass is 472 g/mol. The van der Waals surface area contributed by atoms with E-state index in [0.29, 0.717) is 5.69 Å². The highest BCUT2D eigenvalue weighted by molar-refractivity contribution is 5.97. The molecule has 1 aliphatic carbocycles. The van der Waals surface area contributed by atoms with E-state index in [0.717, 1.165) is 22.3 Å². The van der Waals surface area contributed by atoms with E-state index in [4.69, 9.17) is 9.84 Å². The molecule has 0 heterocycles. The van der Waals surface area contributed by atoms with Gasteiger partial charge >= 0.3 is 12.1 Å². The SMILES string of the molecule is CC(C)(C)[C@@H](NC(=O)OCC1c2ccccc2-c2ccccc21)C(=O)Nc1ccc(C(=O)O)cc1. The summed E-state index contributed by atoms with van der Waals surface area (Å²) in [5, 5.41) is 14.5. The van der Waals surface area contributed by atoms with Crippen LogP contribution < -0.4 is 10.6 Å². The molecule has 180 valence electrons. The lowest BCUT2D eigenvalue weighted by atomic mass is 9.86. The number of benzene rings is 3. The quantitative estimate of drug-likeness (QED) is 0.453. The van der Waals surface area contributed by atoms with Crippen LogP contribution in [0.4, 0.5) is 10.5 Å². The number of aromatic carboxylic acids is 1. The van der Waals surface area contributed by atoms with Gasteiger partial charge in [-0.15, -0.1) is 0 Å². The first-order valence-corrected chi connectivity index (χ1v) is 11.4. The van der Waals surface area contributed by atoms with E-state index in [1.165, 1.54) is 24.3 Å². The Hall–Kier alpha value is -4.13. The van der Waals surface area contributed by atoms with Crippen LogP contribution in [-0.4, -0.2) is 35.7 Å². The summed E-state index contributed by atoms with van der Waals surface area (Å²) in [6.45, 7) is 5.67. The molecular weight excluding hydrogens is 444 g/mol. The van der Waals surface area contributed by atoms with Gasteiger partial charge in [0.15, 0.2) is 0 Å². The molecule has 3 aromatic carbocycles. The number of nitrogens with one attached hydrogen (secondary N) is 2. The fraction of sp³-hybridized carbons (Fsp3) is 0.250. The number of alkyl carbamates (subject to hydrolysis) is 1. The zero-order chi connectivity index (χ0) is 25.2. The van der Waals surface area contributed by atoms with Crippen molar-refractivity contribution in [3.05, 3.63) is 89.5 Å². The number of fused-ring (bicyclic) bond motifs is 3. The minimum atomic E-state index is -1.05. The van der Waals surface area contributed by atoms with Gasteiger partial charge in [-0.3, -0.25) is 4.79 Å². The number of ether oxygens (including phenoxy) is 1. The summed E-state index contributed by atoms with van der Waals surface area (Å²) in [7, 11) is 0. The molecule has 1 aliphatic rings. The third-order valence-corrected chi connectivity index (χ3v) is 6.13. The normalized spacial score (nSPS) is 13.3. The molecule has 35 heavy (non-hydrogen) atoms. The Morgan fingerprint density at radius 2 is 1.43 bits per heavy atom. The third kappa shape index (κ3) is 5.19. The van der Waals surface area contributed by atoms with Gasteiger partial charge in [-0.05, 0) is 51.9 Å². The van der Waals surface area contributed by atoms with E-state index in [-0.39, 0.29) is 18.1 Å². The van der Waals surface area contributed by atoms with Crippen LogP contribution in [0.25, 0.3) is 11.1 Å². The maximum atomic E-state index is 13.0. The van der Waals surface area contributed by atoms with Crippen molar-refractivity contribution < 1.29 is 24.2 Å². The van der Waals surface area contributed by atoms with Crippen molar-refractivity contribution in [2.75, 3.05) is 11.9 Å². The Morgan fingerprint density at radius 3 is 1.94 bits per heavy atom. The third-order valence-electron chi connectivity index (χ3n) is 6.13. The molecule has 4 rings (SSSR count). The molecule has 0 fully saturated rings. The number of carbonyl (C=O) groups is 3. The summed E-state index contributed by atoms with van der Waals surface area (Å²) in [6.07, 6.45) is -0.678. The number of hydrogen-bond donors (Lipinski definition) is 3. The topological polar surface area (TPSA) is 105 Å². The molecule has 2 amide bonds. The first kappa shape index (κ1) is 24.0. The molecule has 0 spiro atoms.